The van der Waals surface area contributed by atoms with Crippen LogP contribution in [0.25, 0.3) is 0 Å². The van der Waals surface area contributed by atoms with E-state index in [1.807, 2.05) is 19.1 Å². The van der Waals surface area contributed by atoms with E-state index >= 15 is 0 Å². The van der Waals surface area contributed by atoms with Gasteiger partial charge in [0.15, 0.2) is 0 Å². The second-order valence-corrected chi connectivity index (χ2v) is 5.49. The Hall–Kier alpha value is -1.47. The molecular formula is C14H16N2OS. The number of rotatable bonds is 4. The van der Waals surface area contributed by atoms with Crippen molar-refractivity contribution in [3.8, 4) is 6.07 Å². The van der Waals surface area contributed by atoms with E-state index in [-0.39, 0.29) is 11.2 Å². The molecule has 1 heterocycles. The lowest BCUT2D eigenvalue weighted by Gasteiger charge is -2.22. The molecule has 0 saturated heterocycles. The highest BCUT2D eigenvalue weighted by atomic mass is 32.2. The molecule has 1 aromatic carbocycles. The van der Waals surface area contributed by atoms with Gasteiger partial charge in [-0.1, -0.05) is 18.2 Å². The minimum absolute atomic E-state index is 0.0129. The standard InChI is InChI=1S/C14H16N2OS/c1-2-16(9-5-8-15)14(17)13-10-11-6-3-4-7-12(11)18-13/h3-4,6-7,13H,2,5,9-10H2,1H3. The third-order valence-corrected chi connectivity index (χ3v) is 4.41. The highest BCUT2D eigenvalue weighted by molar-refractivity contribution is 8.01. The maximum atomic E-state index is 12.3. The van der Waals surface area contributed by atoms with Crippen molar-refractivity contribution in [2.24, 2.45) is 0 Å². The van der Waals surface area contributed by atoms with Gasteiger partial charge in [0.05, 0.1) is 17.7 Å². The molecule has 1 unspecified atom stereocenters. The lowest BCUT2D eigenvalue weighted by atomic mass is 10.1. The van der Waals surface area contributed by atoms with Gasteiger partial charge in [-0.2, -0.15) is 5.26 Å². The molecule has 1 aliphatic rings. The summed E-state index contributed by atoms with van der Waals surface area (Å²) < 4.78 is 0. The zero-order valence-electron chi connectivity index (χ0n) is 10.4. The first kappa shape index (κ1) is 13.0. The van der Waals surface area contributed by atoms with Gasteiger partial charge in [-0.3, -0.25) is 4.79 Å². The third kappa shape index (κ3) is 2.68. The van der Waals surface area contributed by atoms with Crippen LogP contribution in [-0.2, 0) is 11.2 Å². The van der Waals surface area contributed by atoms with Crippen LogP contribution in [0.2, 0.25) is 0 Å². The second kappa shape index (κ2) is 5.92. The van der Waals surface area contributed by atoms with Crippen LogP contribution in [0.5, 0.6) is 0 Å². The van der Waals surface area contributed by atoms with Gasteiger partial charge in [0.1, 0.15) is 0 Å². The molecule has 0 bridgehead atoms. The molecule has 1 aromatic rings. The fourth-order valence-electron chi connectivity index (χ4n) is 2.13. The summed E-state index contributed by atoms with van der Waals surface area (Å²) >= 11 is 1.65. The van der Waals surface area contributed by atoms with Crippen LogP contribution in [0.3, 0.4) is 0 Å². The summed E-state index contributed by atoms with van der Waals surface area (Å²) in [6.45, 7) is 3.18. The average Bonchev–Trinajstić information content (AvgIpc) is 2.83. The van der Waals surface area contributed by atoms with E-state index in [1.165, 1.54) is 10.5 Å². The van der Waals surface area contributed by atoms with Gasteiger partial charge in [-0.15, -0.1) is 11.8 Å². The lowest BCUT2D eigenvalue weighted by molar-refractivity contribution is -0.130. The van der Waals surface area contributed by atoms with Gasteiger partial charge in [0, 0.05) is 18.0 Å². The molecule has 3 nitrogen and oxygen atoms in total. The van der Waals surface area contributed by atoms with Crippen LogP contribution in [0.4, 0.5) is 0 Å². The van der Waals surface area contributed by atoms with E-state index < -0.39 is 0 Å². The fourth-order valence-corrected chi connectivity index (χ4v) is 3.41. The van der Waals surface area contributed by atoms with Crippen molar-refractivity contribution in [1.82, 2.24) is 4.90 Å². The molecule has 94 valence electrons. The predicted octanol–water partition coefficient (Wildman–Crippen LogP) is 2.47. The number of carbonyl (C=O) groups excluding carboxylic acids is 1. The van der Waals surface area contributed by atoms with Gasteiger partial charge >= 0.3 is 0 Å². The number of nitriles is 1. The Balaban J connectivity index is 2.02. The van der Waals surface area contributed by atoms with E-state index in [1.54, 1.807) is 16.7 Å². The van der Waals surface area contributed by atoms with Crippen LogP contribution in [0.1, 0.15) is 18.9 Å². The van der Waals surface area contributed by atoms with Crippen molar-refractivity contribution in [3.05, 3.63) is 29.8 Å². The molecule has 4 heteroatoms. The number of hydrogen-bond donors (Lipinski definition) is 0. The van der Waals surface area contributed by atoms with Gasteiger partial charge in [0.2, 0.25) is 5.91 Å². The summed E-state index contributed by atoms with van der Waals surface area (Å²) in [4.78, 5) is 15.3. The topological polar surface area (TPSA) is 44.1 Å². The Kier molecular flexibility index (Phi) is 4.27. The van der Waals surface area contributed by atoms with Crippen molar-refractivity contribution in [2.45, 2.75) is 29.9 Å². The number of thioether (sulfide) groups is 1. The molecule has 0 spiro atoms. The summed E-state index contributed by atoms with van der Waals surface area (Å²) in [5.74, 6) is 0.161. The van der Waals surface area contributed by atoms with Crippen LogP contribution in [0.15, 0.2) is 29.2 Å². The SMILES string of the molecule is CCN(CCC#N)C(=O)C1Cc2ccccc2S1. The minimum atomic E-state index is -0.0129. The summed E-state index contributed by atoms with van der Waals surface area (Å²) in [5.41, 5.74) is 1.26. The van der Waals surface area contributed by atoms with Gasteiger partial charge in [-0.05, 0) is 25.0 Å². The highest BCUT2D eigenvalue weighted by Crippen LogP contribution is 2.37. The van der Waals surface area contributed by atoms with Crippen molar-refractivity contribution in [3.63, 3.8) is 0 Å². The zero-order chi connectivity index (χ0) is 13.0. The largest absolute Gasteiger partial charge is 0.341 e. The van der Waals surface area contributed by atoms with Gasteiger partial charge in [0.25, 0.3) is 0 Å². The van der Waals surface area contributed by atoms with E-state index in [0.717, 1.165) is 6.42 Å². The van der Waals surface area contributed by atoms with Crippen molar-refractivity contribution in [2.75, 3.05) is 13.1 Å². The van der Waals surface area contributed by atoms with Gasteiger partial charge in [-0.25, -0.2) is 0 Å². The molecule has 0 fully saturated rings. The van der Waals surface area contributed by atoms with Crippen LogP contribution in [0, 0.1) is 11.3 Å². The molecule has 1 atom stereocenters. The summed E-state index contributed by atoms with van der Waals surface area (Å²) in [7, 11) is 0. The third-order valence-electron chi connectivity index (χ3n) is 3.11. The normalized spacial score (nSPS) is 17.0. The summed E-state index contributed by atoms with van der Waals surface area (Å²) in [5, 5.41) is 8.59. The van der Waals surface area contributed by atoms with Crippen molar-refractivity contribution >= 4 is 17.7 Å². The smallest absolute Gasteiger partial charge is 0.236 e. The molecule has 2 rings (SSSR count). The molecular weight excluding hydrogens is 244 g/mol. The number of nitrogens with zero attached hydrogens (tertiary/aromatic N) is 2. The lowest BCUT2D eigenvalue weighted by Crippen LogP contribution is -2.38. The Morgan fingerprint density at radius 3 is 3.00 bits per heavy atom. The van der Waals surface area contributed by atoms with Gasteiger partial charge < -0.3 is 4.90 Å². The number of amides is 1. The maximum absolute atomic E-state index is 12.3. The first-order chi connectivity index (χ1) is 8.76. The second-order valence-electron chi connectivity index (χ2n) is 4.24. The monoisotopic (exact) mass is 260 g/mol. The first-order valence-electron chi connectivity index (χ1n) is 6.16. The Morgan fingerprint density at radius 1 is 1.56 bits per heavy atom. The molecule has 0 saturated carbocycles. The molecule has 18 heavy (non-hydrogen) atoms. The number of hydrogen-bond acceptors (Lipinski definition) is 3. The predicted molar refractivity (Wildman–Crippen MR) is 72.3 cm³/mol. The van der Waals surface area contributed by atoms with Crippen molar-refractivity contribution < 1.29 is 4.79 Å². The molecule has 0 aromatic heterocycles. The number of fused-ring (bicyclic) bond motifs is 1. The quantitative estimate of drug-likeness (QED) is 0.835. The van der Waals surface area contributed by atoms with E-state index in [4.69, 9.17) is 5.26 Å². The molecule has 0 radical (unpaired) electrons. The van der Waals surface area contributed by atoms with Crippen molar-refractivity contribution in [1.29, 1.82) is 5.26 Å². The highest BCUT2D eigenvalue weighted by Gasteiger charge is 2.30. The number of benzene rings is 1. The van der Waals surface area contributed by atoms with Crippen LogP contribution < -0.4 is 0 Å². The van der Waals surface area contributed by atoms with E-state index in [2.05, 4.69) is 18.2 Å². The maximum Gasteiger partial charge on any atom is 0.236 e. The molecule has 1 aliphatic heterocycles. The van der Waals surface area contributed by atoms with E-state index in [0.29, 0.717) is 19.5 Å². The minimum Gasteiger partial charge on any atom is -0.341 e. The Labute approximate surface area is 112 Å². The summed E-state index contributed by atoms with van der Waals surface area (Å²) in [6, 6.07) is 10.3. The van der Waals surface area contributed by atoms with Crippen LogP contribution >= 0.6 is 11.8 Å². The van der Waals surface area contributed by atoms with Crippen LogP contribution in [-0.4, -0.2) is 29.1 Å². The number of carbonyl (C=O) groups is 1. The average molecular weight is 260 g/mol. The zero-order valence-corrected chi connectivity index (χ0v) is 11.2. The summed E-state index contributed by atoms with van der Waals surface area (Å²) in [6.07, 6.45) is 1.21. The Bertz CT molecular complexity index is 456. The van der Waals surface area contributed by atoms with E-state index in [9.17, 15) is 4.79 Å². The molecule has 1 amide bonds. The Morgan fingerprint density at radius 2 is 2.33 bits per heavy atom. The molecule has 0 aliphatic carbocycles. The molecule has 0 N–H and O–H groups in total. The first-order valence-corrected chi connectivity index (χ1v) is 7.04. The fraction of sp³-hybridized carbons (Fsp3) is 0.429.